The summed E-state index contributed by atoms with van der Waals surface area (Å²) in [7, 11) is -0.992. The number of hydrogen-bond acceptors (Lipinski definition) is 4. The molecule has 1 heterocycles. The molecule has 0 unspecified atom stereocenters. The van der Waals surface area contributed by atoms with Crippen molar-refractivity contribution in [3.8, 4) is 0 Å². The van der Waals surface area contributed by atoms with Gasteiger partial charge in [-0.05, 0) is 23.6 Å². The molecule has 7 heteroatoms. The number of benzene rings is 1. The third kappa shape index (κ3) is 5.21. The molecular formula is C16H21N3O3S. The van der Waals surface area contributed by atoms with E-state index in [0.717, 1.165) is 16.2 Å². The summed E-state index contributed by atoms with van der Waals surface area (Å²) in [4.78, 5) is 12.5. The Balaban J connectivity index is 1.77. The number of hydrogen-bond donors (Lipinski definition) is 2. The largest absolute Gasteiger partial charge is 0.359 e. The summed E-state index contributed by atoms with van der Waals surface area (Å²) >= 11 is 0. The van der Waals surface area contributed by atoms with Gasteiger partial charge in [-0.1, -0.05) is 31.1 Å². The second-order valence-corrected chi connectivity index (χ2v) is 6.89. The van der Waals surface area contributed by atoms with Crippen LogP contribution < -0.4 is 10.6 Å². The van der Waals surface area contributed by atoms with E-state index in [1.54, 1.807) is 18.4 Å². The van der Waals surface area contributed by atoms with Crippen LogP contribution in [0.5, 0.6) is 0 Å². The summed E-state index contributed by atoms with van der Waals surface area (Å²) in [6.45, 7) is 4.75. The fraction of sp³-hybridized carbons (Fsp3) is 0.375. The van der Waals surface area contributed by atoms with Gasteiger partial charge in [-0.15, -0.1) is 0 Å². The maximum atomic E-state index is 11.8. The van der Waals surface area contributed by atoms with E-state index in [1.807, 2.05) is 32.0 Å². The van der Waals surface area contributed by atoms with Crippen LogP contribution in [-0.2, 0) is 23.9 Å². The molecule has 0 aliphatic heterocycles. The first-order valence-corrected chi connectivity index (χ1v) is 8.91. The van der Waals surface area contributed by atoms with Crippen LogP contribution in [0, 0.1) is 0 Å². The molecule has 0 saturated carbocycles. The smallest absolute Gasteiger partial charge is 0.315 e. The van der Waals surface area contributed by atoms with Crippen molar-refractivity contribution >= 4 is 16.8 Å². The Morgan fingerprint density at radius 2 is 1.87 bits per heavy atom. The fourth-order valence-electron chi connectivity index (χ4n) is 1.90. The first-order valence-electron chi connectivity index (χ1n) is 7.35. The van der Waals surface area contributed by atoms with Gasteiger partial charge in [-0.2, -0.15) is 0 Å². The molecule has 0 radical (unpaired) electrons. The summed E-state index contributed by atoms with van der Waals surface area (Å²) in [5, 5.41) is 9.42. The molecule has 2 aromatic rings. The van der Waals surface area contributed by atoms with Crippen molar-refractivity contribution in [3.63, 3.8) is 0 Å². The Labute approximate surface area is 138 Å². The average Bonchev–Trinajstić information content (AvgIpc) is 3.00. The highest BCUT2D eigenvalue weighted by molar-refractivity contribution is 7.84. The van der Waals surface area contributed by atoms with Crippen molar-refractivity contribution in [2.45, 2.75) is 37.8 Å². The van der Waals surface area contributed by atoms with Crippen LogP contribution in [-0.4, -0.2) is 21.7 Å². The summed E-state index contributed by atoms with van der Waals surface area (Å²) in [5.41, 5.74) is 1.81. The standard InChI is InChI=1S/C16H21N3O3S/c1-11(2)15-8-13(22-19-15)10-18-16(20)17-9-12-4-6-14(7-5-12)23(3)21/h4-8,11H,9-10H2,1-3H3,(H2,17,18,20)/t23-/m0/s1. The number of urea groups is 1. The third-order valence-corrected chi connectivity index (χ3v) is 4.24. The van der Waals surface area contributed by atoms with E-state index in [9.17, 15) is 9.00 Å². The van der Waals surface area contributed by atoms with Gasteiger partial charge in [0.2, 0.25) is 0 Å². The highest BCUT2D eigenvalue weighted by Gasteiger charge is 2.08. The summed E-state index contributed by atoms with van der Waals surface area (Å²) in [6.07, 6.45) is 1.63. The van der Waals surface area contributed by atoms with Gasteiger partial charge in [0.15, 0.2) is 5.76 Å². The van der Waals surface area contributed by atoms with E-state index in [4.69, 9.17) is 4.52 Å². The summed E-state index contributed by atoms with van der Waals surface area (Å²) in [5.74, 6) is 0.917. The van der Waals surface area contributed by atoms with Gasteiger partial charge in [-0.25, -0.2) is 4.79 Å². The van der Waals surface area contributed by atoms with Gasteiger partial charge < -0.3 is 15.2 Å². The van der Waals surface area contributed by atoms with Gasteiger partial charge in [0.05, 0.1) is 12.2 Å². The summed E-state index contributed by atoms with van der Waals surface area (Å²) in [6, 6.07) is 8.86. The lowest BCUT2D eigenvalue weighted by Crippen LogP contribution is -2.34. The van der Waals surface area contributed by atoms with E-state index in [-0.39, 0.29) is 6.03 Å². The highest BCUT2D eigenvalue weighted by atomic mass is 32.2. The zero-order valence-corrected chi connectivity index (χ0v) is 14.3. The molecule has 0 fully saturated rings. The number of aromatic nitrogens is 1. The number of amides is 2. The second-order valence-electron chi connectivity index (χ2n) is 5.51. The minimum atomic E-state index is -0.992. The lowest BCUT2D eigenvalue weighted by Gasteiger charge is -2.06. The van der Waals surface area contributed by atoms with Crippen molar-refractivity contribution in [1.29, 1.82) is 0 Å². The Morgan fingerprint density at radius 3 is 2.43 bits per heavy atom. The number of carbonyl (C=O) groups excluding carboxylic acids is 1. The van der Waals surface area contributed by atoms with Crippen LogP contribution in [0.4, 0.5) is 4.79 Å². The molecule has 0 bridgehead atoms. The zero-order chi connectivity index (χ0) is 16.8. The minimum absolute atomic E-state index is 0.282. The maximum absolute atomic E-state index is 11.8. The van der Waals surface area contributed by atoms with Crippen LogP contribution in [0.25, 0.3) is 0 Å². The van der Waals surface area contributed by atoms with Gasteiger partial charge in [0, 0.05) is 34.6 Å². The van der Waals surface area contributed by atoms with Crippen molar-refractivity contribution in [3.05, 3.63) is 47.3 Å². The molecule has 0 aliphatic rings. The quantitative estimate of drug-likeness (QED) is 0.849. The Hall–Kier alpha value is -2.15. The molecule has 2 amide bonds. The van der Waals surface area contributed by atoms with Crippen LogP contribution >= 0.6 is 0 Å². The number of nitrogens with zero attached hydrogens (tertiary/aromatic N) is 1. The first-order chi connectivity index (χ1) is 11.0. The van der Waals surface area contributed by atoms with Crippen LogP contribution in [0.2, 0.25) is 0 Å². The molecule has 0 saturated heterocycles. The minimum Gasteiger partial charge on any atom is -0.359 e. The van der Waals surface area contributed by atoms with Crippen LogP contribution in [0.3, 0.4) is 0 Å². The lowest BCUT2D eigenvalue weighted by atomic mass is 10.1. The molecule has 6 nitrogen and oxygen atoms in total. The molecule has 2 N–H and O–H groups in total. The lowest BCUT2D eigenvalue weighted by molar-refractivity contribution is 0.238. The van der Waals surface area contributed by atoms with Crippen molar-refractivity contribution in [2.75, 3.05) is 6.26 Å². The van der Waals surface area contributed by atoms with Gasteiger partial charge >= 0.3 is 6.03 Å². The van der Waals surface area contributed by atoms with Gasteiger partial charge in [0.1, 0.15) is 0 Å². The Kier molecular flexibility index (Phi) is 5.92. The zero-order valence-electron chi connectivity index (χ0n) is 13.5. The molecular weight excluding hydrogens is 314 g/mol. The third-order valence-electron chi connectivity index (χ3n) is 3.30. The SMILES string of the molecule is CC(C)c1cc(CNC(=O)NCc2ccc([S@](C)=O)cc2)on1. The Morgan fingerprint density at radius 1 is 1.22 bits per heavy atom. The predicted octanol–water partition coefficient (Wildman–Crippen LogP) is 2.53. The molecule has 124 valence electrons. The number of carbonyl (C=O) groups is 1. The van der Waals surface area contributed by atoms with Crippen molar-refractivity contribution in [2.24, 2.45) is 0 Å². The molecule has 23 heavy (non-hydrogen) atoms. The Bertz CT molecular complexity index is 680. The second kappa shape index (κ2) is 7.92. The monoisotopic (exact) mass is 335 g/mol. The maximum Gasteiger partial charge on any atom is 0.315 e. The van der Waals surface area contributed by atoms with E-state index >= 15 is 0 Å². The number of nitrogens with one attached hydrogen (secondary N) is 2. The molecule has 1 aromatic carbocycles. The number of rotatable bonds is 6. The van der Waals surface area contributed by atoms with Gasteiger partial charge in [-0.3, -0.25) is 4.21 Å². The fourth-order valence-corrected chi connectivity index (χ4v) is 2.41. The van der Waals surface area contributed by atoms with Crippen molar-refractivity contribution < 1.29 is 13.5 Å². The highest BCUT2D eigenvalue weighted by Crippen LogP contribution is 2.13. The normalized spacial score (nSPS) is 12.2. The van der Waals surface area contributed by atoms with Crippen molar-refractivity contribution in [1.82, 2.24) is 15.8 Å². The molecule has 2 rings (SSSR count). The molecule has 0 spiro atoms. The van der Waals surface area contributed by atoms with Gasteiger partial charge in [0.25, 0.3) is 0 Å². The van der Waals surface area contributed by atoms with Crippen LogP contribution in [0.1, 0.15) is 36.8 Å². The molecule has 1 atom stereocenters. The predicted molar refractivity (Wildman–Crippen MR) is 88.4 cm³/mol. The van der Waals surface area contributed by atoms with E-state index in [2.05, 4.69) is 15.8 Å². The van der Waals surface area contributed by atoms with E-state index in [1.165, 1.54) is 0 Å². The summed E-state index contributed by atoms with van der Waals surface area (Å²) < 4.78 is 16.5. The van der Waals surface area contributed by atoms with Crippen LogP contribution in [0.15, 0.2) is 39.8 Å². The molecule has 1 aromatic heterocycles. The van der Waals surface area contributed by atoms with E-state index < -0.39 is 10.8 Å². The average molecular weight is 335 g/mol. The topological polar surface area (TPSA) is 84.2 Å². The first kappa shape index (κ1) is 17.2. The van der Waals surface area contributed by atoms with E-state index in [0.29, 0.717) is 24.8 Å². The molecule has 0 aliphatic carbocycles.